The molecule has 14 heteroatoms. The SMILES string of the molecule is CCCC(NC(=O)[C@@H]1[C@@H](C(C)C)CCN1C(=O)[C@@H](NC(=O)N[C@H](CN1CCCS1(=O)=O)C(C)(C)C)C(C)(C)C)C(=O)C(=O)NC. The summed E-state index contributed by atoms with van der Waals surface area (Å²) in [6.45, 7) is 17.8. The fourth-order valence-corrected chi connectivity index (χ4v) is 7.51. The Bertz CT molecular complexity index is 1210. The van der Waals surface area contributed by atoms with Crippen LogP contribution in [-0.2, 0) is 29.2 Å². The van der Waals surface area contributed by atoms with E-state index in [-0.39, 0.29) is 37.1 Å². The van der Waals surface area contributed by atoms with Gasteiger partial charge < -0.3 is 26.2 Å². The zero-order chi connectivity index (χ0) is 34.5. The molecule has 13 nitrogen and oxygen atoms in total. The maximum absolute atomic E-state index is 14.2. The Labute approximate surface area is 269 Å². The average Bonchev–Trinajstić information content (AvgIpc) is 3.51. The topological polar surface area (TPSA) is 174 Å². The summed E-state index contributed by atoms with van der Waals surface area (Å²) in [4.78, 5) is 67.8. The van der Waals surface area contributed by atoms with E-state index in [1.54, 1.807) is 0 Å². The van der Waals surface area contributed by atoms with Crippen molar-refractivity contribution < 1.29 is 32.4 Å². The summed E-state index contributed by atoms with van der Waals surface area (Å²) in [7, 11) is -2.03. The number of ketones is 1. The van der Waals surface area contributed by atoms with Crippen LogP contribution in [0.4, 0.5) is 4.79 Å². The van der Waals surface area contributed by atoms with Gasteiger partial charge in [-0.2, -0.15) is 4.31 Å². The first kappa shape index (κ1) is 38.4. The molecule has 4 N–H and O–H groups in total. The van der Waals surface area contributed by atoms with E-state index in [9.17, 15) is 32.4 Å². The zero-order valence-corrected chi connectivity index (χ0v) is 29.6. The Balaban J connectivity index is 2.33. The molecule has 0 aliphatic carbocycles. The molecule has 0 aromatic heterocycles. The third-order valence-electron chi connectivity index (χ3n) is 8.84. The molecule has 2 aliphatic rings. The predicted octanol–water partition coefficient (Wildman–Crippen LogP) is 1.62. The quantitative estimate of drug-likeness (QED) is 0.231. The molecule has 0 radical (unpaired) electrons. The number of sulfonamides is 1. The van der Waals surface area contributed by atoms with Gasteiger partial charge >= 0.3 is 6.03 Å². The number of nitrogens with one attached hydrogen (secondary N) is 4. The monoisotopic (exact) mass is 656 g/mol. The van der Waals surface area contributed by atoms with Crippen molar-refractivity contribution in [1.82, 2.24) is 30.5 Å². The standard InChI is InChI=1S/C31H56N6O7S/c1-11-13-21(24(38)27(40)32-10)33-26(39)23-20(19(2)3)14-16-37(23)28(41)25(31(7,8)9)35-29(42)34-22(30(4,5)6)18-36-15-12-17-45(36,43)44/h19-23,25H,11-18H2,1-10H3,(H,32,40)(H,33,39)(H2,34,35,42)/t20-,21?,22-,23+,25-/m1/s1. The van der Waals surface area contributed by atoms with Gasteiger partial charge in [0.1, 0.15) is 12.1 Å². The van der Waals surface area contributed by atoms with Crippen LogP contribution in [-0.4, -0.2) is 104 Å². The van der Waals surface area contributed by atoms with Crippen molar-refractivity contribution >= 4 is 39.6 Å². The number of amides is 5. The maximum atomic E-state index is 14.2. The molecular weight excluding hydrogens is 600 g/mol. The second-order valence-electron chi connectivity index (χ2n) is 14.8. The summed E-state index contributed by atoms with van der Waals surface area (Å²) in [6.07, 6.45) is 1.92. The molecule has 45 heavy (non-hydrogen) atoms. The number of carbonyl (C=O) groups excluding carboxylic acids is 5. The van der Waals surface area contributed by atoms with Crippen LogP contribution in [0.5, 0.6) is 0 Å². The highest BCUT2D eigenvalue weighted by atomic mass is 32.2. The first-order valence-electron chi connectivity index (χ1n) is 16.1. The highest BCUT2D eigenvalue weighted by Crippen LogP contribution is 2.33. The summed E-state index contributed by atoms with van der Waals surface area (Å²) in [6, 6.07) is -4.09. The number of hydrogen-bond donors (Lipinski definition) is 4. The van der Waals surface area contributed by atoms with Crippen molar-refractivity contribution in [1.29, 1.82) is 0 Å². The molecule has 2 fully saturated rings. The molecule has 2 aliphatic heterocycles. The molecule has 0 aromatic rings. The van der Waals surface area contributed by atoms with Crippen LogP contribution >= 0.6 is 0 Å². The molecule has 2 saturated heterocycles. The van der Waals surface area contributed by atoms with Crippen molar-refractivity contribution in [3.8, 4) is 0 Å². The van der Waals surface area contributed by atoms with Crippen LogP contribution in [0.2, 0.25) is 0 Å². The van der Waals surface area contributed by atoms with Crippen LogP contribution in [0.1, 0.15) is 88.0 Å². The maximum Gasteiger partial charge on any atom is 0.315 e. The summed E-state index contributed by atoms with van der Waals surface area (Å²) < 4.78 is 26.4. The Morgan fingerprint density at radius 1 is 0.911 bits per heavy atom. The third-order valence-corrected chi connectivity index (χ3v) is 10.8. The van der Waals surface area contributed by atoms with Gasteiger partial charge in [0, 0.05) is 32.7 Å². The van der Waals surface area contributed by atoms with Crippen molar-refractivity contribution in [2.24, 2.45) is 22.7 Å². The number of likely N-dealkylation sites (tertiary alicyclic amines) is 1. The van der Waals surface area contributed by atoms with Gasteiger partial charge in [0.2, 0.25) is 27.6 Å². The largest absolute Gasteiger partial charge is 0.353 e. The van der Waals surface area contributed by atoms with Crippen molar-refractivity contribution in [2.75, 3.05) is 32.4 Å². The molecule has 2 rings (SSSR count). The van der Waals surface area contributed by atoms with Crippen LogP contribution in [0, 0.1) is 22.7 Å². The van der Waals surface area contributed by atoms with E-state index >= 15 is 0 Å². The van der Waals surface area contributed by atoms with E-state index in [2.05, 4.69) is 21.3 Å². The van der Waals surface area contributed by atoms with Crippen LogP contribution in [0.3, 0.4) is 0 Å². The van der Waals surface area contributed by atoms with Crippen molar-refractivity contribution in [3.63, 3.8) is 0 Å². The molecule has 0 spiro atoms. The van der Waals surface area contributed by atoms with E-state index in [1.165, 1.54) is 16.3 Å². The second-order valence-corrected chi connectivity index (χ2v) is 16.9. The fourth-order valence-electron chi connectivity index (χ4n) is 5.97. The van der Waals surface area contributed by atoms with Gasteiger partial charge in [-0.3, -0.25) is 19.2 Å². The lowest BCUT2D eigenvalue weighted by atomic mass is 9.84. The normalized spacial score (nSPS) is 22.4. The summed E-state index contributed by atoms with van der Waals surface area (Å²) in [5.74, 6) is -2.56. The highest BCUT2D eigenvalue weighted by Gasteiger charge is 2.48. The summed E-state index contributed by atoms with van der Waals surface area (Å²) in [5.41, 5.74) is -1.23. The zero-order valence-electron chi connectivity index (χ0n) is 28.8. The Morgan fingerprint density at radius 2 is 1.53 bits per heavy atom. The van der Waals surface area contributed by atoms with Gasteiger partial charge in [0.25, 0.3) is 5.91 Å². The minimum absolute atomic E-state index is 0.0385. The molecule has 258 valence electrons. The van der Waals surface area contributed by atoms with Crippen LogP contribution < -0.4 is 21.3 Å². The fraction of sp³-hybridized carbons (Fsp3) is 0.839. The lowest BCUT2D eigenvalue weighted by molar-refractivity contribution is -0.144. The van der Waals surface area contributed by atoms with Gasteiger partial charge in [-0.25, -0.2) is 13.2 Å². The summed E-state index contributed by atoms with van der Waals surface area (Å²) >= 11 is 0. The second kappa shape index (κ2) is 15.2. The predicted molar refractivity (Wildman–Crippen MR) is 172 cm³/mol. The molecule has 5 atom stereocenters. The van der Waals surface area contributed by atoms with E-state index < -0.39 is 74.6 Å². The summed E-state index contributed by atoms with van der Waals surface area (Å²) in [5, 5.41) is 10.8. The lowest BCUT2D eigenvalue weighted by Crippen LogP contribution is -2.62. The van der Waals surface area contributed by atoms with Gasteiger partial charge in [-0.05, 0) is 41.9 Å². The smallest absolute Gasteiger partial charge is 0.315 e. The Kier molecular flexibility index (Phi) is 13.0. The van der Waals surface area contributed by atoms with Crippen molar-refractivity contribution in [2.45, 2.75) is 112 Å². The number of likely N-dealkylation sites (N-methyl/N-ethyl adjacent to an activating group) is 1. The Morgan fingerprint density at radius 3 is 2.00 bits per heavy atom. The number of carbonyl (C=O) groups is 5. The first-order chi connectivity index (χ1) is 20.6. The number of hydrogen-bond acceptors (Lipinski definition) is 7. The van der Waals surface area contributed by atoms with Crippen molar-refractivity contribution in [3.05, 3.63) is 0 Å². The first-order valence-corrected chi connectivity index (χ1v) is 17.7. The molecular formula is C31H56N6O7S. The number of urea groups is 1. The van der Waals surface area contributed by atoms with Gasteiger partial charge in [-0.15, -0.1) is 0 Å². The van der Waals surface area contributed by atoms with Crippen LogP contribution in [0.15, 0.2) is 0 Å². The van der Waals surface area contributed by atoms with Gasteiger partial charge in [-0.1, -0.05) is 68.7 Å². The van der Waals surface area contributed by atoms with E-state index in [0.717, 1.165) is 0 Å². The van der Waals surface area contributed by atoms with Crippen LogP contribution in [0.25, 0.3) is 0 Å². The minimum atomic E-state index is -3.38. The molecule has 0 aromatic carbocycles. The molecule has 2 heterocycles. The van der Waals surface area contributed by atoms with E-state index in [4.69, 9.17) is 0 Å². The third kappa shape index (κ3) is 9.87. The number of nitrogens with zero attached hydrogens (tertiary/aromatic N) is 2. The molecule has 0 saturated carbocycles. The molecule has 5 amide bonds. The lowest BCUT2D eigenvalue weighted by Gasteiger charge is -2.38. The van der Waals surface area contributed by atoms with E-state index in [0.29, 0.717) is 25.8 Å². The number of rotatable bonds is 12. The molecule has 1 unspecified atom stereocenters. The minimum Gasteiger partial charge on any atom is -0.353 e. The molecule has 0 bridgehead atoms. The van der Waals surface area contributed by atoms with Gasteiger partial charge in [0.05, 0.1) is 11.8 Å². The van der Waals surface area contributed by atoms with E-state index in [1.807, 2.05) is 62.3 Å². The number of Topliss-reactive ketones (excluding diaryl/α,β-unsaturated/α-hetero) is 1. The average molecular weight is 657 g/mol. The highest BCUT2D eigenvalue weighted by molar-refractivity contribution is 7.89. The Hall–Kier alpha value is -2.74. The van der Waals surface area contributed by atoms with Gasteiger partial charge in [0.15, 0.2) is 0 Å².